The van der Waals surface area contributed by atoms with Gasteiger partial charge in [-0.1, -0.05) is 0 Å². The summed E-state index contributed by atoms with van der Waals surface area (Å²) in [6.07, 6.45) is 8.49. The standard InChI is InChI=1S/2C18H16N2O.4ClH.Pt/c2*1-10-15-9-20(3)7-6-13(15)11(2)18-17(10)14-8-12(21)4-5-16(14)19-18;;;;;/h2*4-9,21H,1-3H3;4*1H;/q;;;;;;+2/p-2. The second-order valence-corrected chi connectivity index (χ2v) is 11.6. The normalized spacial score (nSPS) is 10.5. The van der Waals surface area contributed by atoms with Crippen LogP contribution in [-0.4, -0.2) is 20.2 Å². The van der Waals surface area contributed by atoms with Gasteiger partial charge in [-0.3, -0.25) is 0 Å². The molecule has 8 rings (SSSR count). The molecule has 0 aliphatic carbocycles. The minimum absolute atomic E-state index is 0. The third kappa shape index (κ3) is 6.47. The molecule has 248 valence electrons. The Labute approximate surface area is 312 Å². The summed E-state index contributed by atoms with van der Waals surface area (Å²) >= 11 is 0. The van der Waals surface area contributed by atoms with Gasteiger partial charge in [0.1, 0.15) is 25.6 Å². The number of aryl methyl sites for hydroxylation is 6. The van der Waals surface area contributed by atoms with Crippen molar-refractivity contribution in [1.29, 1.82) is 0 Å². The number of aromatic amines is 2. The summed E-state index contributed by atoms with van der Waals surface area (Å²) in [5.41, 5.74) is 9.45. The number of aromatic nitrogens is 4. The maximum absolute atomic E-state index is 9.81. The zero-order valence-electron chi connectivity index (χ0n) is 26.5. The first-order chi connectivity index (χ1) is 20.1. The molecule has 0 spiro atoms. The van der Waals surface area contributed by atoms with Gasteiger partial charge in [-0.05, 0) is 97.1 Å². The maximum Gasteiger partial charge on any atom is 2.00 e. The topological polar surface area (TPSA) is 79.8 Å². The van der Waals surface area contributed by atoms with Crippen LogP contribution in [0.5, 0.6) is 11.5 Å². The molecular weight excluding hydrogens is 857 g/mol. The minimum Gasteiger partial charge on any atom is -1.00 e. The molecule has 11 heteroatoms. The molecule has 0 saturated carbocycles. The van der Waals surface area contributed by atoms with Crippen LogP contribution in [0.3, 0.4) is 0 Å². The van der Waals surface area contributed by atoms with Crippen molar-refractivity contribution in [2.24, 2.45) is 14.1 Å². The summed E-state index contributed by atoms with van der Waals surface area (Å²) < 4.78 is 4.15. The number of nitrogens with one attached hydrogen (secondary N) is 2. The molecule has 0 atom stereocenters. The average Bonchev–Trinajstić information content (AvgIpc) is 3.54. The van der Waals surface area contributed by atoms with Crippen molar-refractivity contribution in [3.8, 4) is 11.5 Å². The summed E-state index contributed by atoms with van der Waals surface area (Å²) in [4.78, 5) is 7.01. The Kier molecular flexibility index (Phi) is 12.6. The molecule has 6 nitrogen and oxygen atoms in total. The Morgan fingerprint density at radius 3 is 1.21 bits per heavy atom. The molecule has 0 amide bonds. The van der Waals surface area contributed by atoms with E-state index in [1.54, 1.807) is 12.1 Å². The fraction of sp³-hybridized carbons (Fsp3) is 0.167. The Morgan fingerprint density at radius 1 is 0.489 bits per heavy atom. The summed E-state index contributed by atoms with van der Waals surface area (Å²) in [6, 6.07) is 15.3. The summed E-state index contributed by atoms with van der Waals surface area (Å²) in [5, 5.41) is 29.3. The molecule has 0 unspecified atom stereocenters. The van der Waals surface area contributed by atoms with Crippen LogP contribution in [0.1, 0.15) is 22.3 Å². The second-order valence-electron chi connectivity index (χ2n) is 11.6. The van der Waals surface area contributed by atoms with Crippen LogP contribution in [0.25, 0.3) is 65.2 Å². The van der Waals surface area contributed by atoms with E-state index < -0.39 is 0 Å². The molecule has 4 heterocycles. The SMILES string of the molecule is Cc1c2cc[n+](C)cc2c(C)c2c1[nH]c1ccc(O)cc12.Cc1c2cc[n+](C)cc2c(C)c2c1[nH]c1ccc(O)cc12.[Cl-].[Cl-].[Cl-].[Cl-].[Pt+2]. The summed E-state index contributed by atoms with van der Waals surface area (Å²) in [7, 11) is 4.08. The molecule has 4 aromatic carbocycles. The van der Waals surface area contributed by atoms with Crippen LogP contribution in [0, 0.1) is 27.7 Å². The zero-order chi connectivity index (χ0) is 29.4. The maximum atomic E-state index is 9.81. The number of pyridine rings is 2. The molecule has 8 aromatic rings. The molecule has 0 saturated heterocycles. The van der Waals surface area contributed by atoms with E-state index >= 15 is 0 Å². The molecular formula is C36H34Cl4N4O2Pt. The van der Waals surface area contributed by atoms with Gasteiger partial charge in [0, 0.05) is 55.5 Å². The number of hydrogen-bond donors (Lipinski definition) is 4. The third-order valence-electron chi connectivity index (χ3n) is 8.88. The molecule has 4 N–H and O–H groups in total. The molecule has 0 radical (unpaired) electrons. The van der Waals surface area contributed by atoms with E-state index in [-0.39, 0.29) is 70.7 Å². The zero-order valence-corrected chi connectivity index (χ0v) is 31.8. The molecule has 47 heavy (non-hydrogen) atoms. The quantitative estimate of drug-likeness (QED) is 0.116. The summed E-state index contributed by atoms with van der Waals surface area (Å²) in [6.45, 7) is 8.61. The van der Waals surface area contributed by atoms with E-state index in [4.69, 9.17) is 0 Å². The number of hydrogen-bond acceptors (Lipinski definition) is 2. The molecule has 0 bridgehead atoms. The van der Waals surface area contributed by atoms with Gasteiger partial charge in [-0.25, -0.2) is 9.13 Å². The second kappa shape index (κ2) is 14.9. The van der Waals surface area contributed by atoms with Gasteiger partial charge in [0.05, 0.1) is 11.0 Å². The van der Waals surface area contributed by atoms with Crippen molar-refractivity contribution in [3.05, 3.63) is 95.6 Å². The van der Waals surface area contributed by atoms with Crippen LogP contribution in [0.15, 0.2) is 73.3 Å². The van der Waals surface area contributed by atoms with Crippen LogP contribution < -0.4 is 58.8 Å². The Balaban J connectivity index is 0.000000295. The first kappa shape index (κ1) is 39.9. The Bertz CT molecular complexity index is 2250. The van der Waals surface area contributed by atoms with Crippen molar-refractivity contribution >= 4 is 65.2 Å². The first-order valence-electron chi connectivity index (χ1n) is 14.2. The Hall–Kier alpha value is -3.25. The van der Waals surface area contributed by atoms with E-state index in [9.17, 15) is 10.2 Å². The van der Waals surface area contributed by atoms with E-state index in [1.807, 2.05) is 38.4 Å². The third-order valence-corrected chi connectivity index (χ3v) is 8.88. The number of aromatic hydroxyl groups is 2. The number of H-pyrrole nitrogens is 2. The number of fused-ring (bicyclic) bond motifs is 8. The van der Waals surface area contributed by atoms with Gasteiger partial charge in [-0.15, -0.1) is 0 Å². The molecule has 4 aromatic heterocycles. The number of phenols is 2. The van der Waals surface area contributed by atoms with Crippen LogP contribution in [0.4, 0.5) is 0 Å². The van der Waals surface area contributed by atoms with E-state index in [0.717, 1.165) is 32.8 Å². The van der Waals surface area contributed by atoms with Crippen LogP contribution >= 0.6 is 0 Å². The van der Waals surface area contributed by atoms with Gasteiger partial charge in [-0.2, -0.15) is 0 Å². The van der Waals surface area contributed by atoms with Gasteiger partial charge in [0.2, 0.25) is 0 Å². The molecule has 0 fully saturated rings. The van der Waals surface area contributed by atoms with Crippen molar-refractivity contribution in [2.45, 2.75) is 27.7 Å². The van der Waals surface area contributed by atoms with Crippen molar-refractivity contribution in [1.82, 2.24) is 9.97 Å². The van der Waals surface area contributed by atoms with Crippen molar-refractivity contribution in [2.75, 3.05) is 0 Å². The predicted molar refractivity (Wildman–Crippen MR) is 171 cm³/mol. The number of halogens is 4. The average molecular weight is 892 g/mol. The van der Waals surface area contributed by atoms with Gasteiger partial charge < -0.3 is 69.8 Å². The molecule has 0 aliphatic heterocycles. The molecule has 0 aliphatic rings. The van der Waals surface area contributed by atoms with Crippen LogP contribution in [0.2, 0.25) is 0 Å². The van der Waals surface area contributed by atoms with Gasteiger partial charge in [0.15, 0.2) is 24.8 Å². The smallest absolute Gasteiger partial charge is 1.00 e. The van der Waals surface area contributed by atoms with Gasteiger partial charge >= 0.3 is 21.1 Å². The fourth-order valence-electron chi connectivity index (χ4n) is 6.69. The van der Waals surface area contributed by atoms with Crippen molar-refractivity contribution < 1.29 is 90.0 Å². The minimum atomic E-state index is 0. The fourth-order valence-corrected chi connectivity index (χ4v) is 6.69. The first-order valence-corrected chi connectivity index (χ1v) is 14.2. The monoisotopic (exact) mass is 889 g/mol. The van der Waals surface area contributed by atoms with E-state index in [1.165, 1.54) is 54.6 Å². The van der Waals surface area contributed by atoms with E-state index in [2.05, 4.69) is 83.7 Å². The summed E-state index contributed by atoms with van der Waals surface area (Å²) in [5.74, 6) is 0.610. The van der Waals surface area contributed by atoms with Gasteiger partial charge in [0.25, 0.3) is 0 Å². The largest absolute Gasteiger partial charge is 2.00 e. The van der Waals surface area contributed by atoms with Crippen molar-refractivity contribution in [3.63, 3.8) is 0 Å². The Morgan fingerprint density at radius 2 is 0.851 bits per heavy atom. The number of benzene rings is 4. The predicted octanol–water partition coefficient (Wildman–Crippen LogP) is -4.74. The van der Waals surface area contributed by atoms with E-state index in [0.29, 0.717) is 11.5 Å². The number of rotatable bonds is 0. The number of nitrogens with zero attached hydrogens (tertiary/aromatic N) is 2. The number of phenolic OH excluding ortho intramolecular Hbond substituents is 2. The van der Waals surface area contributed by atoms with Crippen LogP contribution in [-0.2, 0) is 35.2 Å².